The van der Waals surface area contributed by atoms with Gasteiger partial charge in [0.25, 0.3) is 5.56 Å². The Balaban J connectivity index is 1.52. The molecule has 0 radical (unpaired) electrons. The Hall–Kier alpha value is -3.55. The quantitative estimate of drug-likeness (QED) is 0.626. The maximum absolute atomic E-state index is 12.4. The summed E-state index contributed by atoms with van der Waals surface area (Å²) in [5, 5.41) is 9.16. The molecule has 160 valence electrons. The van der Waals surface area contributed by atoms with Crippen LogP contribution >= 0.6 is 0 Å². The van der Waals surface area contributed by atoms with Crippen LogP contribution in [0.5, 0.6) is 5.88 Å². The maximum Gasteiger partial charge on any atom is 0.326 e. The standard InChI is InChI=1S/C23H24N4O4/c1-13-4-5-20(25-10-13)18-8-17(18)12-31-22-19(11-24-15(3)26-22)16-6-7-27(21(28)9-16)14(2)23(29)30/h4-7,9-11,14,17-18H,8,12H2,1-3H3,(H,29,30)/t14?,17-,18+/m1/s1. The van der Waals surface area contributed by atoms with Crippen molar-refractivity contribution in [3.8, 4) is 17.0 Å². The van der Waals surface area contributed by atoms with E-state index in [0.717, 1.165) is 17.7 Å². The lowest BCUT2D eigenvalue weighted by molar-refractivity contribution is -0.140. The number of carbonyl (C=O) groups is 1. The van der Waals surface area contributed by atoms with Crippen LogP contribution in [0, 0.1) is 19.8 Å². The van der Waals surface area contributed by atoms with Crippen molar-refractivity contribution >= 4 is 5.97 Å². The van der Waals surface area contributed by atoms with Crippen LogP contribution in [0.1, 0.15) is 42.4 Å². The third-order valence-corrected chi connectivity index (χ3v) is 5.58. The first-order chi connectivity index (χ1) is 14.8. The number of aromatic nitrogens is 4. The Bertz CT molecular complexity index is 1170. The number of nitrogens with zero attached hydrogens (tertiary/aromatic N) is 4. The van der Waals surface area contributed by atoms with Crippen molar-refractivity contribution in [1.29, 1.82) is 0 Å². The fourth-order valence-electron chi connectivity index (χ4n) is 3.53. The van der Waals surface area contributed by atoms with E-state index in [2.05, 4.69) is 27.1 Å². The van der Waals surface area contributed by atoms with Crippen LogP contribution in [0.3, 0.4) is 0 Å². The molecule has 1 aliphatic rings. The normalized spacial score (nSPS) is 18.4. The molecule has 0 bridgehead atoms. The molecule has 3 aromatic heterocycles. The van der Waals surface area contributed by atoms with Gasteiger partial charge in [-0.1, -0.05) is 6.07 Å². The molecule has 0 amide bonds. The van der Waals surface area contributed by atoms with Crippen molar-refractivity contribution in [2.75, 3.05) is 6.61 Å². The minimum Gasteiger partial charge on any atom is -0.480 e. The van der Waals surface area contributed by atoms with Gasteiger partial charge in [-0.05, 0) is 50.5 Å². The van der Waals surface area contributed by atoms with Crippen LogP contribution in [0.4, 0.5) is 0 Å². The summed E-state index contributed by atoms with van der Waals surface area (Å²) in [7, 11) is 0. The fraction of sp³-hybridized carbons (Fsp3) is 0.348. The van der Waals surface area contributed by atoms with Gasteiger partial charge in [-0.15, -0.1) is 0 Å². The molecule has 0 aliphatic heterocycles. The zero-order valence-corrected chi connectivity index (χ0v) is 17.6. The first-order valence-electron chi connectivity index (χ1n) is 10.2. The van der Waals surface area contributed by atoms with Crippen LogP contribution in [-0.2, 0) is 4.79 Å². The van der Waals surface area contributed by atoms with E-state index < -0.39 is 17.6 Å². The first kappa shape index (κ1) is 20.7. The number of ether oxygens (including phenoxy) is 1. The Morgan fingerprint density at radius 1 is 1.26 bits per heavy atom. The van der Waals surface area contributed by atoms with Crippen molar-refractivity contribution in [3.05, 3.63) is 70.3 Å². The summed E-state index contributed by atoms with van der Waals surface area (Å²) in [6, 6.07) is 6.24. The summed E-state index contributed by atoms with van der Waals surface area (Å²) in [5.74, 6) is 0.661. The summed E-state index contributed by atoms with van der Waals surface area (Å²) in [6.07, 6.45) is 5.99. The van der Waals surface area contributed by atoms with E-state index in [1.807, 2.05) is 13.1 Å². The monoisotopic (exact) mass is 420 g/mol. The molecule has 1 N–H and O–H groups in total. The predicted octanol–water partition coefficient (Wildman–Crippen LogP) is 3.15. The zero-order valence-electron chi connectivity index (χ0n) is 17.6. The van der Waals surface area contributed by atoms with Crippen molar-refractivity contribution in [2.24, 2.45) is 5.92 Å². The topological polar surface area (TPSA) is 107 Å². The SMILES string of the molecule is Cc1ccc([C@H]2C[C@@H]2COc2nc(C)ncc2-c2ccn(C(C)C(=O)O)c(=O)c2)nc1. The van der Waals surface area contributed by atoms with Crippen molar-refractivity contribution in [2.45, 2.75) is 39.2 Å². The van der Waals surface area contributed by atoms with Gasteiger partial charge in [0.1, 0.15) is 11.9 Å². The summed E-state index contributed by atoms with van der Waals surface area (Å²) in [5.41, 5.74) is 2.99. The first-order valence-corrected chi connectivity index (χ1v) is 10.2. The summed E-state index contributed by atoms with van der Waals surface area (Å²) >= 11 is 0. The van der Waals surface area contributed by atoms with Crippen LogP contribution in [0.15, 0.2) is 47.7 Å². The number of carboxylic acids is 1. The number of rotatable bonds is 7. The van der Waals surface area contributed by atoms with Crippen molar-refractivity contribution in [1.82, 2.24) is 19.5 Å². The highest BCUT2D eigenvalue weighted by Crippen LogP contribution is 2.47. The molecule has 1 aliphatic carbocycles. The van der Waals surface area contributed by atoms with Gasteiger partial charge in [0.2, 0.25) is 5.88 Å². The molecule has 1 fully saturated rings. The Morgan fingerprint density at radius 2 is 2.06 bits per heavy atom. The molecule has 4 rings (SSSR count). The van der Waals surface area contributed by atoms with Crippen molar-refractivity contribution in [3.63, 3.8) is 0 Å². The number of carboxylic acid groups (broad SMARTS) is 1. The fourth-order valence-corrected chi connectivity index (χ4v) is 3.53. The summed E-state index contributed by atoms with van der Waals surface area (Å²) in [4.78, 5) is 36.8. The van der Waals surface area contributed by atoms with E-state index in [0.29, 0.717) is 41.3 Å². The van der Waals surface area contributed by atoms with Crippen molar-refractivity contribution < 1.29 is 14.6 Å². The van der Waals surface area contributed by atoms with Gasteiger partial charge in [0.15, 0.2) is 0 Å². The van der Waals surface area contributed by atoms with Gasteiger partial charge in [-0.3, -0.25) is 9.78 Å². The molecule has 1 saturated carbocycles. The molecule has 8 nitrogen and oxygen atoms in total. The second-order valence-corrected chi connectivity index (χ2v) is 7.98. The van der Waals surface area contributed by atoms with E-state index in [1.165, 1.54) is 23.8 Å². The highest BCUT2D eigenvalue weighted by molar-refractivity contribution is 5.72. The molecule has 3 atom stereocenters. The third-order valence-electron chi connectivity index (χ3n) is 5.58. The lowest BCUT2D eigenvalue weighted by Gasteiger charge is -2.13. The number of aryl methyl sites for hydroxylation is 2. The third kappa shape index (κ3) is 4.47. The lowest BCUT2D eigenvalue weighted by atomic mass is 10.1. The number of pyridine rings is 2. The molecule has 1 unspecified atom stereocenters. The molecule has 8 heteroatoms. The predicted molar refractivity (Wildman–Crippen MR) is 114 cm³/mol. The van der Waals surface area contributed by atoms with Gasteiger partial charge >= 0.3 is 5.97 Å². The van der Waals surface area contributed by atoms with E-state index >= 15 is 0 Å². The number of hydrogen-bond acceptors (Lipinski definition) is 6. The molecule has 31 heavy (non-hydrogen) atoms. The van der Waals surface area contributed by atoms with Gasteiger partial charge in [0, 0.05) is 42.2 Å². The van der Waals surface area contributed by atoms with Gasteiger partial charge in [0.05, 0.1) is 12.2 Å². The molecule has 0 spiro atoms. The number of hydrogen-bond donors (Lipinski definition) is 1. The van der Waals surface area contributed by atoms with Crippen LogP contribution in [0.2, 0.25) is 0 Å². The summed E-state index contributed by atoms with van der Waals surface area (Å²) < 4.78 is 7.22. The summed E-state index contributed by atoms with van der Waals surface area (Å²) in [6.45, 7) is 5.75. The largest absolute Gasteiger partial charge is 0.480 e. The van der Waals surface area contributed by atoms with Gasteiger partial charge in [-0.25, -0.2) is 9.78 Å². The van der Waals surface area contributed by atoms with E-state index in [9.17, 15) is 9.59 Å². The number of aliphatic carboxylic acids is 1. The average molecular weight is 420 g/mol. The Kier molecular flexibility index (Phi) is 5.54. The molecule has 3 aromatic rings. The average Bonchev–Trinajstić information content (AvgIpc) is 3.52. The second kappa shape index (κ2) is 8.29. The zero-order chi connectivity index (χ0) is 22.1. The van der Waals surface area contributed by atoms with Crippen LogP contribution in [0.25, 0.3) is 11.1 Å². The van der Waals surface area contributed by atoms with E-state index in [1.54, 1.807) is 19.2 Å². The van der Waals surface area contributed by atoms with E-state index in [4.69, 9.17) is 9.84 Å². The van der Waals surface area contributed by atoms with E-state index in [-0.39, 0.29) is 0 Å². The smallest absolute Gasteiger partial charge is 0.326 e. The highest BCUT2D eigenvalue weighted by atomic mass is 16.5. The highest BCUT2D eigenvalue weighted by Gasteiger charge is 2.40. The van der Waals surface area contributed by atoms with Crippen LogP contribution in [-0.4, -0.2) is 37.2 Å². The second-order valence-electron chi connectivity index (χ2n) is 7.98. The molecule has 3 heterocycles. The minimum atomic E-state index is -1.07. The molecule has 0 saturated heterocycles. The maximum atomic E-state index is 12.4. The Labute approximate surface area is 179 Å². The van der Waals surface area contributed by atoms with Crippen LogP contribution < -0.4 is 10.3 Å². The minimum absolute atomic E-state index is 0.364. The molecule has 0 aromatic carbocycles. The van der Waals surface area contributed by atoms with Gasteiger partial charge < -0.3 is 14.4 Å². The lowest BCUT2D eigenvalue weighted by Crippen LogP contribution is -2.27. The molecular weight excluding hydrogens is 396 g/mol. The Morgan fingerprint density at radius 3 is 2.74 bits per heavy atom. The van der Waals surface area contributed by atoms with Gasteiger partial charge in [-0.2, -0.15) is 4.98 Å². The molecular formula is C23H24N4O4.